The van der Waals surface area contributed by atoms with Gasteiger partial charge in [0.2, 0.25) is 11.8 Å². The van der Waals surface area contributed by atoms with Crippen molar-refractivity contribution in [2.45, 2.75) is 32.7 Å². The molecule has 0 fully saturated rings. The number of hydrogen-bond donors (Lipinski definition) is 2. The summed E-state index contributed by atoms with van der Waals surface area (Å²) in [5.41, 5.74) is 0.143. The molecule has 0 saturated heterocycles. The van der Waals surface area contributed by atoms with Gasteiger partial charge >= 0.3 is 0 Å². The number of carbonyl (C=O) groups excluding carboxylic acids is 2. The molecule has 1 aromatic rings. The number of anilines is 1. The first-order chi connectivity index (χ1) is 8.67. The molecular formula is C13H16Cl2N2O2. The minimum Gasteiger partial charge on any atom is -0.351 e. The van der Waals surface area contributed by atoms with Gasteiger partial charge in [0.1, 0.15) is 6.42 Å². The van der Waals surface area contributed by atoms with Crippen LogP contribution in [0.3, 0.4) is 0 Å². The molecule has 0 aromatic heterocycles. The molecule has 104 valence electrons. The van der Waals surface area contributed by atoms with E-state index >= 15 is 0 Å². The van der Waals surface area contributed by atoms with Gasteiger partial charge in [0.05, 0.1) is 10.0 Å². The van der Waals surface area contributed by atoms with Crippen LogP contribution in [0.5, 0.6) is 0 Å². The predicted octanol–water partition coefficient (Wildman–Crippen LogP) is 3.24. The second kappa shape index (κ2) is 6.26. The zero-order valence-electron chi connectivity index (χ0n) is 11.0. The first-order valence-corrected chi connectivity index (χ1v) is 6.49. The molecule has 0 bridgehead atoms. The lowest BCUT2D eigenvalue weighted by Crippen LogP contribution is -2.41. The Morgan fingerprint density at radius 1 is 1.11 bits per heavy atom. The van der Waals surface area contributed by atoms with Crippen molar-refractivity contribution in [2.24, 2.45) is 0 Å². The van der Waals surface area contributed by atoms with Gasteiger partial charge < -0.3 is 10.6 Å². The highest BCUT2D eigenvalue weighted by atomic mass is 35.5. The third kappa shape index (κ3) is 5.94. The Hall–Kier alpha value is -1.26. The van der Waals surface area contributed by atoms with Crippen LogP contribution in [0.4, 0.5) is 5.69 Å². The molecule has 0 spiro atoms. The molecule has 2 N–H and O–H groups in total. The zero-order chi connectivity index (χ0) is 14.6. The maximum Gasteiger partial charge on any atom is 0.233 e. The Morgan fingerprint density at radius 2 is 1.74 bits per heavy atom. The lowest BCUT2D eigenvalue weighted by molar-refractivity contribution is -0.127. The molecule has 0 unspecified atom stereocenters. The SMILES string of the molecule is CC(C)(C)NC(=O)CC(=O)Nc1ccc(Cl)c(Cl)c1. The van der Waals surface area contributed by atoms with Gasteiger partial charge in [-0.3, -0.25) is 9.59 Å². The van der Waals surface area contributed by atoms with Crippen LogP contribution < -0.4 is 10.6 Å². The summed E-state index contributed by atoms with van der Waals surface area (Å²) in [7, 11) is 0. The molecule has 2 amide bonds. The molecule has 6 heteroatoms. The van der Waals surface area contributed by atoms with E-state index in [0.717, 1.165) is 0 Å². The molecule has 19 heavy (non-hydrogen) atoms. The van der Waals surface area contributed by atoms with E-state index in [-0.39, 0.29) is 17.9 Å². The lowest BCUT2D eigenvalue weighted by Gasteiger charge is -2.20. The van der Waals surface area contributed by atoms with Crippen molar-refractivity contribution >= 4 is 40.7 Å². The first-order valence-electron chi connectivity index (χ1n) is 5.73. The zero-order valence-corrected chi connectivity index (χ0v) is 12.5. The van der Waals surface area contributed by atoms with E-state index in [9.17, 15) is 9.59 Å². The Labute approximate surface area is 122 Å². The maximum atomic E-state index is 11.7. The Morgan fingerprint density at radius 3 is 2.26 bits per heavy atom. The van der Waals surface area contributed by atoms with Crippen LogP contribution in [0.2, 0.25) is 10.0 Å². The second-order valence-electron chi connectivity index (χ2n) is 5.15. The monoisotopic (exact) mass is 302 g/mol. The van der Waals surface area contributed by atoms with Gasteiger partial charge in [-0.15, -0.1) is 0 Å². The topological polar surface area (TPSA) is 58.2 Å². The summed E-state index contributed by atoms with van der Waals surface area (Å²) in [4.78, 5) is 23.2. The normalized spacial score (nSPS) is 11.0. The molecule has 0 radical (unpaired) electrons. The van der Waals surface area contributed by atoms with E-state index in [0.29, 0.717) is 15.7 Å². The van der Waals surface area contributed by atoms with Crippen molar-refractivity contribution in [1.82, 2.24) is 5.32 Å². The van der Waals surface area contributed by atoms with Crippen molar-refractivity contribution in [3.63, 3.8) is 0 Å². The summed E-state index contributed by atoms with van der Waals surface area (Å²) in [6.45, 7) is 5.55. The van der Waals surface area contributed by atoms with Gasteiger partial charge in [-0.2, -0.15) is 0 Å². The van der Waals surface area contributed by atoms with E-state index in [1.807, 2.05) is 20.8 Å². The van der Waals surface area contributed by atoms with E-state index < -0.39 is 5.91 Å². The van der Waals surface area contributed by atoms with Gasteiger partial charge in [0.25, 0.3) is 0 Å². The predicted molar refractivity (Wildman–Crippen MR) is 77.6 cm³/mol. The molecule has 0 aliphatic rings. The first kappa shape index (κ1) is 15.8. The van der Waals surface area contributed by atoms with Crippen LogP contribution in [-0.2, 0) is 9.59 Å². The summed E-state index contributed by atoms with van der Waals surface area (Å²) < 4.78 is 0. The highest BCUT2D eigenvalue weighted by molar-refractivity contribution is 6.42. The van der Waals surface area contributed by atoms with Crippen LogP contribution in [0, 0.1) is 0 Å². The van der Waals surface area contributed by atoms with Crippen molar-refractivity contribution in [3.8, 4) is 0 Å². The molecule has 1 aromatic carbocycles. The van der Waals surface area contributed by atoms with Gasteiger partial charge in [0, 0.05) is 11.2 Å². The summed E-state index contributed by atoms with van der Waals surface area (Å²) in [6.07, 6.45) is -0.239. The summed E-state index contributed by atoms with van der Waals surface area (Å²) in [6, 6.07) is 4.73. The smallest absolute Gasteiger partial charge is 0.233 e. The van der Waals surface area contributed by atoms with Gasteiger partial charge in [-0.1, -0.05) is 23.2 Å². The minimum absolute atomic E-state index is 0.239. The number of amides is 2. The molecule has 4 nitrogen and oxygen atoms in total. The van der Waals surface area contributed by atoms with Crippen molar-refractivity contribution in [3.05, 3.63) is 28.2 Å². The number of benzene rings is 1. The largest absolute Gasteiger partial charge is 0.351 e. The van der Waals surface area contributed by atoms with Crippen molar-refractivity contribution < 1.29 is 9.59 Å². The molecule has 0 saturated carbocycles. The number of nitrogens with one attached hydrogen (secondary N) is 2. The van der Waals surface area contributed by atoms with E-state index in [1.165, 1.54) is 6.07 Å². The highest BCUT2D eigenvalue weighted by Gasteiger charge is 2.16. The van der Waals surface area contributed by atoms with Crippen LogP contribution in [0.15, 0.2) is 18.2 Å². The minimum atomic E-state index is -0.403. The number of rotatable bonds is 3. The lowest BCUT2D eigenvalue weighted by atomic mass is 10.1. The Kier molecular flexibility index (Phi) is 5.20. The molecule has 0 aliphatic carbocycles. The van der Waals surface area contributed by atoms with Gasteiger partial charge in [-0.25, -0.2) is 0 Å². The summed E-state index contributed by atoms with van der Waals surface area (Å²) in [5.74, 6) is -0.731. The molecule has 0 atom stereocenters. The van der Waals surface area contributed by atoms with Crippen LogP contribution in [0.25, 0.3) is 0 Å². The summed E-state index contributed by atoms with van der Waals surface area (Å²) >= 11 is 11.6. The quantitative estimate of drug-likeness (QED) is 0.842. The van der Waals surface area contributed by atoms with Crippen LogP contribution in [0.1, 0.15) is 27.2 Å². The van der Waals surface area contributed by atoms with E-state index in [2.05, 4.69) is 10.6 Å². The number of carbonyl (C=O) groups is 2. The van der Waals surface area contributed by atoms with E-state index in [4.69, 9.17) is 23.2 Å². The summed E-state index contributed by atoms with van der Waals surface area (Å²) in [5, 5.41) is 6.05. The van der Waals surface area contributed by atoms with Crippen LogP contribution in [-0.4, -0.2) is 17.4 Å². The maximum absolute atomic E-state index is 11.7. The fourth-order valence-electron chi connectivity index (χ4n) is 1.39. The van der Waals surface area contributed by atoms with Gasteiger partial charge in [0.15, 0.2) is 0 Å². The number of halogens is 2. The third-order valence-electron chi connectivity index (χ3n) is 2.04. The molecule has 0 aliphatic heterocycles. The molecule has 1 rings (SSSR count). The van der Waals surface area contributed by atoms with Gasteiger partial charge in [-0.05, 0) is 39.0 Å². The standard InChI is InChI=1S/C13H16Cl2N2O2/c1-13(2,3)17-12(19)7-11(18)16-8-4-5-9(14)10(15)6-8/h4-6H,7H2,1-3H3,(H,16,18)(H,17,19). The van der Waals surface area contributed by atoms with Crippen molar-refractivity contribution in [1.29, 1.82) is 0 Å². The highest BCUT2D eigenvalue weighted by Crippen LogP contribution is 2.24. The average Bonchev–Trinajstić information content (AvgIpc) is 2.20. The molecule has 0 heterocycles. The fourth-order valence-corrected chi connectivity index (χ4v) is 1.69. The average molecular weight is 303 g/mol. The van der Waals surface area contributed by atoms with Crippen LogP contribution >= 0.6 is 23.2 Å². The van der Waals surface area contributed by atoms with E-state index in [1.54, 1.807) is 12.1 Å². The van der Waals surface area contributed by atoms with Crippen molar-refractivity contribution in [2.75, 3.05) is 5.32 Å². The molecular weight excluding hydrogens is 287 g/mol. The Bertz CT molecular complexity index is 496. The fraction of sp³-hybridized carbons (Fsp3) is 0.385. The Balaban J connectivity index is 2.56. The number of hydrogen-bond acceptors (Lipinski definition) is 2. The second-order valence-corrected chi connectivity index (χ2v) is 5.97. The third-order valence-corrected chi connectivity index (χ3v) is 2.78.